The van der Waals surface area contributed by atoms with Crippen LogP contribution in [0.3, 0.4) is 0 Å². The molecule has 0 fully saturated rings. The number of aromatic hydroxyl groups is 1. The molecule has 0 saturated heterocycles. The Bertz CT molecular complexity index is 429. The molecule has 0 aliphatic carbocycles. The van der Waals surface area contributed by atoms with E-state index in [9.17, 15) is 0 Å². The normalized spacial score (nSPS) is 10.2. The molecule has 4 nitrogen and oxygen atoms in total. The first kappa shape index (κ1) is 9.92. The Morgan fingerprint density at radius 1 is 1.47 bits per heavy atom. The van der Waals surface area contributed by atoms with Gasteiger partial charge in [-0.2, -0.15) is 4.98 Å². The molecule has 78 valence electrons. The Morgan fingerprint density at radius 2 is 2.33 bits per heavy atom. The molecular formula is C10H11N3OS. The summed E-state index contributed by atoms with van der Waals surface area (Å²) in [5.74, 6) is 0.0721. The van der Waals surface area contributed by atoms with E-state index in [0.29, 0.717) is 6.54 Å². The second-order valence-electron chi connectivity index (χ2n) is 3.17. The van der Waals surface area contributed by atoms with Crippen molar-refractivity contribution in [3.8, 4) is 5.88 Å². The quantitative estimate of drug-likeness (QED) is 0.859. The molecule has 2 heterocycles. The molecule has 0 bridgehead atoms. The third-order valence-corrected chi connectivity index (χ3v) is 2.87. The summed E-state index contributed by atoms with van der Waals surface area (Å²) in [5.41, 5.74) is 0.981. The molecule has 0 spiro atoms. The Hall–Kier alpha value is -1.62. The number of anilines is 1. The molecule has 2 rings (SSSR count). The topological polar surface area (TPSA) is 49.2 Å². The zero-order valence-electron chi connectivity index (χ0n) is 8.29. The lowest BCUT2D eigenvalue weighted by Crippen LogP contribution is -2.16. The number of rotatable bonds is 3. The van der Waals surface area contributed by atoms with Crippen molar-refractivity contribution in [2.24, 2.45) is 0 Å². The monoisotopic (exact) mass is 221 g/mol. The van der Waals surface area contributed by atoms with Crippen molar-refractivity contribution in [3.05, 3.63) is 35.5 Å². The summed E-state index contributed by atoms with van der Waals surface area (Å²) in [4.78, 5) is 10.2. The zero-order chi connectivity index (χ0) is 10.7. The molecule has 0 aromatic carbocycles. The van der Waals surface area contributed by atoms with E-state index >= 15 is 0 Å². The average Bonchev–Trinajstić information content (AvgIpc) is 2.66. The van der Waals surface area contributed by atoms with Crippen molar-refractivity contribution in [2.75, 3.05) is 11.9 Å². The van der Waals surface area contributed by atoms with Gasteiger partial charge in [-0.15, -0.1) is 11.3 Å². The van der Waals surface area contributed by atoms with Crippen molar-refractivity contribution in [1.82, 2.24) is 9.97 Å². The van der Waals surface area contributed by atoms with Gasteiger partial charge < -0.3 is 10.0 Å². The molecule has 15 heavy (non-hydrogen) atoms. The van der Waals surface area contributed by atoms with Crippen LogP contribution in [0.15, 0.2) is 29.8 Å². The number of hydrogen-bond acceptors (Lipinski definition) is 5. The summed E-state index contributed by atoms with van der Waals surface area (Å²) in [7, 11) is 1.92. The minimum Gasteiger partial charge on any atom is -0.493 e. The summed E-state index contributed by atoms with van der Waals surface area (Å²) in [6, 6.07) is 5.80. The van der Waals surface area contributed by atoms with Gasteiger partial charge >= 0.3 is 0 Å². The van der Waals surface area contributed by atoms with E-state index in [0.717, 1.165) is 10.8 Å². The van der Waals surface area contributed by atoms with Gasteiger partial charge in [0, 0.05) is 13.2 Å². The van der Waals surface area contributed by atoms with Crippen molar-refractivity contribution in [2.45, 2.75) is 6.54 Å². The number of pyridine rings is 1. The summed E-state index contributed by atoms with van der Waals surface area (Å²) in [5, 5.41) is 11.5. The largest absolute Gasteiger partial charge is 0.493 e. The van der Waals surface area contributed by atoms with Crippen LogP contribution in [0.25, 0.3) is 0 Å². The van der Waals surface area contributed by atoms with E-state index in [2.05, 4.69) is 9.97 Å². The maximum Gasteiger partial charge on any atom is 0.223 e. The Morgan fingerprint density at radius 3 is 2.93 bits per heavy atom. The molecule has 0 radical (unpaired) electrons. The fourth-order valence-corrected chi connectivity index (χ4v) is 1.89. The lowest BCUT2D eigenvalue weighted by molar-refractivity contribution is 0.457. The second-order valence-corrected chi connectivity index (χ2v) is 4.00. The van der Waals surface area contributed by atoms with Gasteiger partial charge in [0.2, 0.25) is 5.88 Å². The van der Waals surface area contributed by atoms with E-state index in [4.69, 9.17) is 5.11 Å². The summed E-state index contributed by atoms with van der Waals surface area (Å²) in [6.45, 7) is 0.688. The van der Waals surface area contributed by atoms with Gasteiger partial charge in [0.05, 0.1) is 17.6 Å². The van der Waals surface area contributed by atoms with Crippen molar-refractivity contribution >= 4 is 16.5 Å². The first-order chi connectivity index (χ1) is 7.25. The van der Waals surface area contributed by atoms with Gasteiger partial charge in [-0.3, -0.25) is 4.98 Å². The molecule has 2 aromatic rings. The SMILES string of the molecule is CN(Cc1ccccn1)c1nc(O)cs1. The van der Waals surface area contributed by atoms with E-state index in [-0.39, 0.29) is 5.88 Å². The van der Waals surface area contributed by atoms with Crippen molar-refractivity contribution in [3.63, 3.8) is 0 Å². The van der Waals surface area contributed by atoms with E-state index in [1.54, 1.807) is 11.6 Å². The zero-order valence-corrected chi connectivity index (χ0v) is 9.11. The smallest absolute Gasteiger partial charge is 0.223 e. The molecule has 0 aliphatic heterocycles. The molecule has 0 aliphatic rings. The molecule has 0 saturated carbocycles. The molecule has 1 N–H and O–H groups in total. The van der Waals surface area contributed by atoms with Crippen LogP contribution in [-0.4, -0.2) is 22.1 Å². The standard InChI is InChI=1S/C10H11N3OS/c1-13(10-12-9(14)7-15-10)6-8-4-2-3-5-11-8/h2-5,7,14H,6H2,1H3. The fourth-order valence-electron chi connectivity index (χ4n) is 1.23. The average molecular weight is 221 g/mol. The summed E-state index contributed by atoms with van der Waals surface area (Å²) in [6.07, 6.45) is 1.77. The summed E-state index contributed by atoms with van der Waals surface area (Å²) >= 11 is 1.41. The fraction of sp³-hybridized carbons (Fsp3) is 0.200. The van der Waals surface area contributed by atoms with Gasteiger partial charge in [0.1, 0.15) is 0 Å². The minimum atomic E-state index is 0.0721. The predicted octanol–water partition coefficient (Wildman–Crippen LogP) is 1.88. The number of aromatic nitrogens is 2. The first-order valence-corrected chi connectivity index (χ1v) is 5.39. The lowest BCUT2D eigenvalue weighted by atomic mass is 10.3. The molecule has 0 unspecified atom stereocenters. The van der Waals surface area contributed by atoms with Crippen LogP contribution in [0.2, 0.25) is 0 Å². The summed E-state index contributed by atoms with van der Waals surface area (Å²) < 4.78 is 0. The van der Waals surface area contributed by atoms with Crippen LogP contribution >= 0.6 is 11.3 Å². The van der Waals surface area contributed by atoms with Crippen LogP contribution in [-0.2, 0) is 6.54 Å². The van der Waals surface area contributed by atoms with Gasteiger partial charge in [0.15, 0.2) is 5.13 Å². The van der Waals surface area contributed by atoms with Crippen LogP contribution in [0.5, 0.6) is 5.88 Å². The highest BCUT2D eigenvalue weighted by Crippen LogP contribution is 2.23. The first-order valence-electron chi connectivity index (χ1n) is 4.51. The molecule has 0 amide bonds. The molecule has 0 atom stereocenters. The third-order valence-electron chi connectivity index (χ3n) is 1.93. The lowest BCUT2D eigenvalue weighted by Gasteiger charge is -2.14. The van der Waals surface area contributed by atoms with Crippen LogP contribution in [0, 0.1) is 0 Å². The van der Waals surface area contributed by atoms with Gasteiger partial charge in [-0.25, -0.2) is 0 Å². The van der Waals surface area contributed by atoms with E-state index < -0.39 is 0 Å². The van der Waals surface area contributed by atoms with Crippen LogP contribution in [0.4, 0.5) is 5.13 Å². The predicted molar refractivity (Wildman–Crippen MR) is 60.1 cm³/mol. The minimum absolute atomic E-state index is 0.0721. The number of nitrogens with zero attached hydrogens (tertiary/aromatic N) is 3. The highest BCUT2D eigenvalue weighted by Gasteiger charge is 2.06. The third kappa shape index (κ3) is 2.44. The van der Waals surface area contributed by atoms with E-state index in [1.165, 1.54) is 11.3 Å². The molecule has 2 aromatic heterocycles. The van der Waals surface area contributed by atoms with Gasteiger partial charge in [-0.05, 0) is 12.1 Å². The number of hydrogen-bond donors (Lipinski definition) is 1. The van der Waals surface area contributed by atoms with Crippen molar-refractivity contribution in [1.29, 1.82) is 0 Å². The van der Waals surface area contributed by atoms with Crippen molar-refractivity contribution < 1.29 is 5.11 Å². The number of thiazole rings is 1. The highest BCUT2D eigenvalue weighted by atomic mass is 32.1. The van der Waals surface area contributed by atoms with E-state index in [1.807, 2.05) is 30.1 Å². The van der Waals surface area contributed by atoms with Crippen LogP contribution < -0.4 is 4.90 Å². The van der Waals surface area contributed by atoms with Gasteiger partial charge in [0.25, 0.3) is 0 Å². The van der Waals surface area contributed by atoms with Crippen LogP contribution in [0.1, 0.15) is 5.69 Å². The van der Waals surface area contributed by atoms with Gasteiger partial charge in [-0.1, -0.05) is 6.07 Å². The Balaban J connectivity index is 2.07. The Kier molecular flexibility index (Phi) is 2.82. The molecular weight excluding hydrogens is 210 g/mol. The Labute approximate surface area is 91.9 Å². The molecule has 5 heteroatoms. The second kappa shape index (κ2) is 4.27. The maximum absolute atomic E-state index is 9.13. The highest BCUT2D eigenvalue weighted by molar-refractivity contribution is 7.13. The maximum atomic E-state index is 9.13.